The number of amides is 2. The monoisotopic (exact) mass is 355 g/mol. The van der Waals surface area contributed by atoms with E-state index in [4.69, 9.17) is 0 Å². The third kappa shape index (κ3) is 5.27. The van der Waals surface area contributed by atoms with E-state index in [0.717, 1.165) is 17.0 Å². The Labute approximate surface area is 140 Å². The molecule has 2 amide bonds. The molecule has 0 aliphatic heterocycles. The Hall–Kier alpha value is -2.55. The fraction of sp³-hybridized carbons (Fsp3) is 0.267. The number of carbonyl (C=O) groups is 2. The van der Waals surface area contributed by atoms with E-state index < -0.39 is 12.5 Å². The minimum absolute atomic E-state index is 0.0256. The molecule has 0 fully saturated rings. The standard InChI is InChI=1S/C15H15F2N3O3S/c1-9-3-2-4-11(19-9)20-12(21)5-7-18-14(22)13-10(6-8-24-13)23-15(16)17/h2-4,6,8,15H,5,7H2,1H3,(H,18,22)(H,19,20,21). The number of pyridine rings is 1. The maximum absolute atomic E-state index is 12.2. The van der Waals surface area contributed by atoms with Crippen molar-refractivity contribution in [2.45, 2.75) is 20.0 Å². The molecule has 0 aliphatic rings. The van der Waals surface area contributed by atoms with Crippen molar-refractivity contribution in [2.75, 3.05) is 11.9 Å². The van der Waals surface area contributed by atoms with Gasteiger partial charge in [-0.3, -0.25) is 9.59 Å². The second-order valence-corrected chi connectivity index (χ2v) is 5.63. The van der Waals surface area contributed by atoms with Gasteiger partial charge in [0.2, 0.25) is 5.91 Å². The molecule has 0 aromatic carbocycles. The number of nitrogens with one attached hydrogen (secondary N) is 2. The van der Waals surface area contributed by atoms with Crippen LogP contribution in [0.4, 0.5) is 14.6 Å². The molecule has 2 aromatic rings. The predicted molar refractivity (Wildman–Crippen MR) is 85.5 cm³/mol. The fourth-order valence-corrected chi connectivity index (χ4v) is 2.58. The molecule has 0 unspecified atom stereocenters. The number of anilines is 1. The number of thiophene rings is 1. The van der Waals surface area contributed by atoms with Gasteiger partial charge in [-0.05, 0) is 30.5 Å². The molecule has 0 atom stereocenters. The summed E-state index contributed by atoms with van der Waals surface area (Å²) in [7, 11) is 0. The molecular weight excluding hydrogens is 340 g/mol. The van der Waals surface area contributed by atoms with Crippen LogP contribution in [0.25, 0.3) is 0 Å². The second kappa shape index (κ2) is 8.34. The van der Waals surface area contributed by atoms with Gasteiger partial charge in [-0.25, -0.2) is 4.98 Å². The van der Waals surface area contributed by atoms with Crippen molar-refractivity contribution in [3.05, 3.63) is 40.2 Å². The molecular formula is C15H15F2N3O3S. The van der Waals surface area contributed by atoms with Crippen molar-refractivity contribution in [3.8, 4) is 5.75 Å². The third-order valence-corrected chi connectivity index (χ3v) is 3.74. The van der Waals surface area contributed by atoms with E-state index in [1.165, 1.54) is 11.4 Å². The number of nitrogens with zero attached hydrogens (tertiary/aromatic N) is 1. The van der Waals surface area contributed by atoms with Crippen LogP contribution in [0.5, 0.6) is 5.75 Å². The van der Waals surface area contributed by atoms with Crippen molar-refractivity contribution in [3.63, 3.8) is 0 Å². The highest BCUT2D eigenvalue weighted by Gasteiger charge is 2.17. The van der Waals surface area contributed by atoms with Crippen molar-refractivity contribution in [1.82, 2.24) is 10.3 Å². The highest BCUT2D eigenvalue weighted by Crippen LogP contribution is 2.26. The van der Waals surface area contributed by atoms with Gasteiger partial charge in [0.1, 0.15) is 16.4 Å². The Balaban J connectivity index is 1.80. The van der Waals surface area contributed by atoms with E-state index >= 15 is 0 Å². The zero-order valence-corrected chi connectivity index (χ0v) is 13.5. The lowest BCUT2D eigenvalue weighted by atomic mass is 10.3. The lowest BCUT2D eigenvalue weighted by molar-refractivity contribution is -0.116. The van der Waals surface area contributed by atoms with E-state index in [2.05, 4.69) is 20.4 Å². The highest BCUT2D eigenvalue weighted by atomic mass is 32.1. The van der Waals surface area contributed by atoms with Gasteiger partial charge < -0.3 is 15.4 Å². The Kier molecular flexibility index (Phi) is 6.19. The van der Waals surface area contributed by atoms with Crippen LogP contribution in [-0.4, -0.2) is 30.0 Å². The smallest absolute Gasteiger partial charge is 0.387 e. The molecule has 0 saturated carbocycles. The molecule has 0 saturated heterocycles. The average Bonchev–Trinajstić information content (AvgIpc) is 2.94. The first-order valence-corrected chi connectivity index (χ1v) is 7.87. The Morgan fingerprint density at radius 3 is 2.83 bits per heavy atom. The average molecular weight is 355 g/mol. The van der Waals surface area contributed by atoms with E-state index in [-0.39, 0.29) is 29.5 Å². The number of hydrogen-bond donors (Lipinski definition) is 2. The maximum atomic E-state index is 12.2. The molecule has 0 radical (unpaired) electrons. The minimum atomic E-state index is -3.00. The van der Waals surface area contributed by atoms with Gasteiger partial charge in [0.25, 0.3) is 5.91 Å². The molecule has 9 heteroatoms. The van der Waals surface area contributed by atoms with Crippen LogP contribution in [-0.2, 0) is 4.79 Å². The molecule has 0 spiro atoms. The molecule has 2 N–H and O–H groups in total. The number of alkyl halides is 2. The molecule has 0 aliphatic carbocycles. The molecule has 2 aromatic heterocycles. The van der Waals surface area contributed by atoms with Gasteiger partial charge in [-0.15, -0.1) is 11.3 Å². The van der Waals surface area contributed by atoms with Gasteiger partial charge in [0.15, 0.2) is 0 Å². The fourth-order valence-electron chi connectivity index (χ4n) is 1.84. The first-order valence-electron chi connectivity index (χ1n) is 6.99. The van der Waals surface area contributed by atoms with Crippen molar-refractivity contribution < 1.29 is 23.1 Å². The Bertz CT molecular complexity index is 721. The van der Waals surface area contributed by atoms with Crippen LogP contribution >= 0.6 is 11.3 Å². The molecule has 128 valence electrons. The van der Waals surface area contributed by atoms with Crippen LogP contribution in [0.3, 0.4) is 0 Å². The zero-order chi connectivity index (χ0) is 17.5. The van der Waals surface area contributed by atoms with Crippen LogP contribution < -0.4 is 15.4 Å². The lowest BCUT2D eigenvalue weighted by Crippen LogP contribution is -2.27. The van der Waals surface area contributed by atoms with Gasteiger partial charge >= 0.3 is 6.61 Å². The summed E-state index contributed by atoms with van der Waals surface area (Å²) in [5.41, 5.74) is 0.769. The lowest BCUT2D eigenvalue weighted by Gasteiger charge is -2.08. The molecule has 24 heavy (non-hydrogen) atoms. The first kappa shape index (κ1) is 17.8. The van der Waals surface area contributed by atoms with Crippen molar-refractivity contribution in [2.24, 2.45) is 0 Å². The maximum Gasteiger partial charge on any atom is 0.387 e. The van der Waals surface area contributed by atoms with E-state index in [0.29, 0.717) is 5.82 Å². The van der Waals surface area contributed by atoms with Crippen LogP contribution in [0.2, 0.25) is 0 Å². The van der Waals surface area contributed by atoms with Gasteiger partial charge in [0, 0.05) is 18.7 Å². The van der Waals surface area contributed by atoms with E-state index in [1.54, 1.807) is 25.1 Å². The number of aryl methyl sites for hydroxylation is 1. The van der Waals surface area contributed by atoms with E-state index in [1.807, 2.05) is 0 Å². The largest absolute Gasteiger partial charge is 0.433 e. The minimum Gasteiger partial charge on any atom is -0.433 e. The zero-order valence-electron chi connectivity index (χ0n) is 12.7. The summed E-state index contributed by atoms with van der Waals surface area (Å²) in [6.45, 7) is -1.14. The number of aromatic nitrogens is 1. The summed E-state index contributed by atoms with van der Waals surface area (Å²) in [5, 5.41) is 6.57. The summed E-state index contributed by atoms with van der Waals surface area (Å²) in [5.74, 6) is -0.635. The first-order chi connectivity index (χ1) is 11.5. The van der Waals surface area contributed by atoms with Crippen molar-refractivity contribution >= 4 is 29.0 Å². The highest BCUT2D eigenvalue weighted by molar-refractivity contribution is 7.12. The summed E-state index contributed by atoms with van der Waals surface area (Å²) >= 11 is 0.982. The number of halogens is 2. The summed E-state index contributed by atoms with van der Waals surface area (Å²) in [4.78, 5) is 27.9. The number of ether oxygens (including phenoxy) is 1. The molecule has 2 rings (SSSR count). The van der Waals surface area contributed by atoms with Gasteiger partial charge in [-0.2, -0.15) is 8.78 Å². The van der Waals surface area contributed by atoms with E-state index in [9.17, 15) is 18.4 Å². The molecule has 6 nitrogen and oxygen atoms in total. The number of hydrogen-bond acceptors (Lipinski definition) is 5. The quantitative estimate of drug-likeness (QED) is 0.800. The van der Waals surface area contributed by atoms with Crippen molar-refractivity contribution in [1.29, 1.82) is 0 Å². The van der Waals surface area contributed by atoms with Gasteiger partial charge in [-0.1, -0.05) is 6.07 Å². The third-order valence-electron chi connectivity index (χ3n) is 2.84. The summed E-state index contributed by atoms with van der Waals surface area (Å²) in [6.07, 6.45) is 0.0256. The molecule has 2 heterocycles. The number of carbonyl (C=O) groups excluding carboxylic acids is 2. The molecule has 0 bridgehead atoms. The summed E-state index contributed by atoms with van der Waals surface area (Å²) in [6, 6.07) is 6.52. The second-order valence-electron chi connectivity index (χ2n) is 4.71. The summed E-state index contributed by atoms with van der Waals surface area (Å²) < 4.78 is 28.7. The van der Waals surface area contributed by atoms with Crippen LogP contribution in [0.1, 0.15) is 21.8 Å². The normalized spacial score (nSPS) is 10.5. The predicted octanol–water partition coefficient (Wildman–Crippen LogP) is 2.81. The Morgan fingerprint density at radius 1 is 1.33 bits per heavy atom. The van der Waals surface area contributed by atoms with Crippen LogP contribution in [0, 0.1) is 6.92 Å². The number of rotatable bonds is 7. The topological polar surface area (TPSA) is 80.3 Å². The SMILES string of the molecule is Cc1cccc(NC(=O)CCNC(=O)c2sccc2OC(F)F)n1. The van der Waals surface area contributed by atoms with Gasteiger partial charge in [0.05, 0.1) is 0 Å². The van der Waals surface area contributed by atoms with Crippen LogP contribution in [0.15, 0.2) is 29.6 Å². The Morgan fingerprint density at radius 2 is 2.12 bits per heavy atom.